The van der Waals surface area contributed by atoms with Gasteiger partial charge >= 0.3 is 0 Å². The molecule has 0 saturated heterocycles. The van der Waals surface area contributed by atoms with Crippen molar-refractivity contribution in [2.24, 2.45) is 5.73 Å². The second-order valence-electron chi connectivity index (χ2n) is 3.91. The summed E-state index contributed by atoms with van der Waals surface area (Å²) in [7, 11) is -3.55. The largest absolute Gasteiger partial charge is 0.329 e. The van der Waals surface area contributed by atoms with Crippen LogP contribution < -0.4 is 11.1 Å². The molecule has 1 atom stereocenters. The van der Waals surface area contributed by atoms with Gasteiger partial charge in [0.1, 0.15) is 11.6 Å². The van der Waals surface area contributed by atoms with E-state index in [4.69, 9.17) is 5.73 Å². The van der Waals surface area contributed by atoms with Crippen LogP contribution in [-0.2, 0) is 14.6 Å². The Labute approximate surface area is 105 Å². The molecule has 0 aliphatic carbocycles. The quantitative estimate of drug-likeness (QED) is 0.819. The van der Waals surface area contributed by atoms with Crippen LogP contribution >= 0.6 is 0 Å². The first kappa shape index (κ1) is 14.6. The fourth-order valence-corrected chi connectivity index (χ4v) is 2.22. The van der Waals surface area contributed by atoms with Crippen LogP contribution in [0.1, 0.15) is 6.92 Å². The van der Waals surface area contributed by atoms with Crippen molar-refractivity contribution in [1.29, 1.82) is 0 Å². The number of hydrogen-bond donors (Lipinski definition) is 2. The van der Waals surface area contributed by atoms with Crippen molar-refractivity contribution >= 4 is 21.4 Å². The fraction of sp³-hybridized carbons (Fsp3) is 0.364. The lowest BCUT2D eigenvalue weighted by Gasteiger charge is -2.10. The number of sulfone groups is 1. The van der Waals surface area contributed by atoms with Gasteiger partial charge in [0.15, 0.2) is 9.84 Å². The Kier molecular flexibility index (Phi) is 4.80. The minimum atomic E-state index is -3.55. The molecule has 5 nitrogen and oxygen atoms in total. The van der Waals surface area contributed by atoms with Gasteiger partial charge in [-0.15, -0.1) is 0 Å². The monoisotopic (exact) mass is 274 g/mol. The van der Waals surface area contributed by atoms with E-state index in [9.17, 15) is 17.6 Å². The lowest BCUT2D eigenvalue weighted by molar-refractivity contribution is -0.113. The van der Waals surface area contributed by atoms with Gasteiger partial charge < -0.3 is 11.1 Å². The molecule has 0 spiro atoms. The third-order valence-corrected chi connectivity index (χ3v) is 4.49. The first-order valence-corrected chi connectivity index (χ1v) is 7.04. The molecule has 0 radical (unpaired) electrons. The standard InChI is InChI=1S/C11H15FN2O3S/c1-8(6-13)18(16,17)7-11(15)14-10-4-2-9(12)3-5-10/h2-5,8H,6-7,13H2,1H3,(H,14,15). The molecule has 1 rings (SSSR count). The van der Waals surface area contributed by atoms with E-state index in [-0.39, 0.29) is 6.54 Å². The predicted molar refractivity (Wildman–Crippen MR) is 67.3 cm³/mol. The van der Waals surface area contributed by atoms with Gasteiger partial charge in [-0.25, -0.2) is 12.8 Å². The van der Waals surface area contributed by atoms with E-state index in [2.05, 4.69) is 5.32 Å². The van der Waals surface area contributed by atoms with Crippen LogP contribution in [-0.4, -0.2) is 31.9 Å². The number of nitrogens with two attached hydrogens (primary N) is 1. The highest BCUT2D eigenvalue weighted by atomic mass is 32.2. The zero-order valence-electron chi connectivity index (χ0n) is 9.89. The fourth-order valence-electron chi connectivity index (χ4n) is 1.20. The average molecular weight is 274 g/mol. The molecule has 0 fully saturated rings. The first-order valence-electron chi connectivity index (χ1n) is 5.32. The van der Waals surface area contributed by atoms with Crippen molar-refractivity contribution < 1.29 is 17.6 Å². The normalized spacial score (nSPS) is 13.1. The topological polar surface area (TPSA) is 89.3 Å². The van der Waals surface area contributed by atoms with Crippen LogP contribution in [0.3, 0.4) is 0 Å². The maximum absolute atomic E-state index is 12.6. The van der Waals surface area contributed by atoms with Crippen molar-refractivity contribution in [3.05, 3.63) is 30.1 Å². The minimum Gasteiger partial charge on any atom is -0.329 e. The van der Waals surface area contributed by atoms with E-state index in [1.54, 1.807) is 0 Å². The van der Waals surface area contributed by atoms with Crippen LogP contribution in [0.5, 0.6) is 0 Å². The van der Waals surface area contributed by atoms with Gasteiger partial charge in [0.2, 0.25) is 5.91 Å². The van der Waals surface area contributed by atoms with Crippen LogP contribution in [0.4, 0.5) is 10.1 Å². The number of rotatable bonds is 5. The molecule has 18 heavy (non-hydrogen) atoms. The van der Waals surface area contributed by atoms with E-state index in [1.165, 1.54) is 31.2 Å². The molecule has 0 aromatic heterocycles. The Morgan fingerprint density at radius 2 is 1.94 bits per heavy atom. The summed E-state index contributed by atoms with van der Waals surface area (Å²) in [5, 5.41) is 1.61. The molecule has 0 heterocycles. The number of nitrogens with one attached hydrogen (secondary N) is 1. The van der Waals surface area contributed by atoms with Crippen LogP contribution in [0, 0.1) is 5.82 Å². The average Bonchev–Trinajstić information content (AvgIpc) is 2.30. The second-order valence-corrected chi connectivity index (χ2v) is 6.33. The smallest absolute Gasteiger partial charge is 0.239 e. The van der Waals surface area contributed by atoms with E-state index >= 15 is 0 Å². The maximum atomic E-state index is 12.6. The molecule has 1 amide bonds. The number of anilines is 1. The van der Waals surface area contributed by atoms with Gasteiger partial charge in [-0.3, -0.25) is 4.79 Å². The summed E-state index contributed by atoms with van der Waals surface area (Å²) in [5.74, 6) is -1.73. The Bertz CT molecular complexity index is 514. The Morgan fingerprint density at radius 1 is 1.39 bits per heavy atom. The number of hydrogen-bond acceptors (Lipinski definition) is 4. The molecule has 100 valence electrons. The first-order chi connectivity index (χ1) is 8.35. The molecule has 1 unspecified atom stereocenters. The summed E-state index contributed by atoms with van der Waals surface area (Å²) < 4.78 is 35.9. The molecule has 0 bridgehead atoms. The number of amides is 1. The third kappa shape index (κ3) is 4.08. The molecule has 1 aromatic carbocycles. The lowest BCUT2D eigenvalue weighted by Crippen LogP contribution is -2.33. The van der Waals surface area contributed by atoms with Gasteiger partial charge in [0, 0.05) is 12.2 Å². The van der Waals surface area contributed by atoms with Gasteiger partial charge in [0.05, 0.1) is 5.25 Å². The van der Waals surface area contributed by atoms with Gasteiger partial charge in [0.25, 0.3) is 0 Å². The highest BCUT2D eigenvalue weighted by molar-refractivity contribution is 7.92. The van der Waals surface area contributed by atoms with Gasteiger partial charge in [-0.2, -0.15) is 0 Å². The van der Waals surface area contributed by atoms with Crippen molar-refractivity contribution in [2.75, 3.05) is 17.6 Å². The van der Waals surface area contributed by atoms with Crippen molar-refractivity contribution in [2.45, 2.75) is 12.2 Å². The molecule has 0 saturated carbocycles. The number of carbonyl (C=O) groups excluding carboxylic acids is 1. The molecular weight excluding hydrogens is 259 g/mol. The van der Waals surface area contributed by atoms with E-state index in [0.29, 0.717) is 5.69 Å². The van der Waals surface area contributed by atoms with Crippen molar-refractivity contribution in [1.82, 2.24) is 0 Å². The summed E-state index contributed by atoms with van der Waals surface area (Å²) in [6.45, 7) is 1.41. The highest BCUT2D eigenvalue weighted by Gasteiger charge is 2.23. The van der Waals surface area contributed by atoms with Gasteiger partial charge in [-0.1, -0.05) is 0 Å². The summed E-state index contributed by atoms with van der Waals surface area (Å²) in [6.07, 6.45) is 0. The summed E-state index contributed by atoms with van der Waals surface area (Å²) in [4.78, 5) is 11.5. The summed E-state index contributed by atoms with van der Waals surface area (Å²) >= 11 is 0. The Morgan fingerprint density at radius 3 is 2.44 bits per heavy atom. The lowest BCUT2D eigenvalue weighted by atomic mass is 10.3. The van der Waals surface area contributed by atoms with Crippen molar-refractivity contribution in [3.8, 4) is 0 Å². The minimum absolute atomic E-state index is 0.0356. The molecular formula is C11H15FN2O3S. The van der Waals surface area contributed by atoms with Crippen LogP contribution in [0.2, 0.25) is 0 Å². The molecule has 0 aliphatic heterocycles. The van der Waals surface area contributed by atoms with E-state index in [1.807, 2.05) is 0 Å². The van der Waals surface area contributed by atoms with Crippen molar-refractivity contribution in [3.63, 3.8) is 0 Å². The Balaban J connectivity index is 2.65. The number of carbonyl (C=O) groups is 1. The molecule has 1 aromatic rings. The zero-order chi connectivity index (χ0) is 13.8. The SMILES string of the molecule is CC(CN)S(=O)(=O)CC(=O)Nc1ccc(F)cc1. The summed E-state index contributed by atoms with van der Waals surface area (Å²) in [5.41, 5.74) is 5.60. The Hall–Kier alpha value is -1.47. The van der Waals surface area contributed by atoms with E-state index < -0.39 is 32.6 Å². The number of benzene rings is 1. The second kappa shape index (κ2) is 5.92. The number of halogens is 1. The predicted octanol–water partition coefficient (Wildman–Crippen LogP) is 0.526. The van der Waals surface area contributed by atoms with Crippen LogP contribution in [0.25, 0.3) is 0 Å². The van der Waals surface area contributed by atoms with E-state index in [0.717, 1.165) is 0 Å². The van der Waals surface area contributed by atoms with Crippen LogP contribution in [0.15, 0.2) is 24.3 Å². The third-order valence-electron chi connectivity index (χ3n) is 2.41. The van der Waals surface area contributed by atoms with Gasteiger partial charge in [-0.05, 0) is 31.2 Å². The molecule has 3 N–H and O–H groups in total. The highest BCUT2D eigenvalue weighted by Crippen LogP contribution is 2.09. The molecule has 7 heteroatoms. The molecule has 0 aliphatic rings. The summed E-state index contributed by atoms with van der Waals surface area (Å²) in [6, 6.07) is 5.05. The zero-order valence-corrected chi connectivity index (χ0v) is 10.7. The maximum Gasteiger partial charge on any atom is 0.239 e.